The van der Waals surface area contributed by atoms with E-state index in [9.17, 15) is 5.02 Å². The first-order chi connectivity index (χ1) is 8.74. The van der Waals surface area contributed by atoms with Gasteiger partial charge in [-0.15, -0.1) is 0 Å². The molecule has 3 heteroatoms. The summed E-state index contributed by atoms with van der Waals surface area (Å²) in [7, 11) is 0. The van der Waals surface area contributed by atoms with Gasteiger partial charge < -0.3 is 5.02 Å². The molecule has 0 bridgehead atoms. The summed E-state index contributed by atoms with van der Waals surface area (Å²) in [6.07, 6.45) is 0.956. The Balaban J connectivity index is 2.29. The van der Waals surface area contributed by atoms with E-state index in [2.05, 4.69) is 17.8 Å². The fourth-order valence-corrected chi connectivity index (χ4v) is 1.91. The van der Waals surface area contributed by atoms with Crippen LogP contribution < -0.4 is 10.9 Å². The zero-order valence-corrected chi connectivity index (χ0v) is 10.3. The van der Waals surface area contributed by atoms with Crippen molar-refractivity contribution in [2.75, 3.05) is 0 Å². The fraction of sp³-hybridized carbons (Fsp3) is 0.133. The number of rotatable bonds is 3. The number of benzene rings is 2. The Hall–Kier alpha value is -2.05. The first-order valence-electron chi connectivity index (χ1n) is 5.99. The molecular formula is C15H14BNO. The van der Waals surface area contributed by atoms with Crippen molar-refractivity contribution in [2.24, 2.45) is 0 Å². The molecule has 0 fully saturated rings. The smallest absolute Gasteiger partial charge is 0.358 e. The van der Waals surface area contributed by atoms with Crippen molar-refractivity contribution < 1.29 is 5.02 Å². The Morgan fingerprint density at radius 1 is 1.11 bits per heavy atom. The summed E-state index contributed by atoms with van der Waals surface area (Å²) in [4.78, 5) is 3.34. The highest BCUT2D eigenvalue weighted by atomic mass is 16.2. The Kier molecular flexibility index (Phi) is 3.81. The molecule has 0 saturated carbocycles. The van der Waals surface area contributed by atoms with Crippen molar-refractivity contribution in [1.29, 1.82) is 0 Å². The van der Waals surface area contributed by atoms with Crippen LogP contribution in [0.3, 0.4) is 0 Å². The van der Waals surface area contributed by atoms with E-state index in [0.717, 1.165) is 17.3 Å². The third kappa shape index (κ3) is 2.61. The average Bonchev–Trinajstić information content (AvgIpc) is 2.46. The number of nitrogens with zero attached hydrogens (tertiary/aromatic N) is 1. The maximum atomic E-state index is 10.3. The zero-order chi connectivity index (χ0) is 13.0. The standard InChI is InChI=1S/C15H14BNO/c1-3-12-5-4-6-14(11-12)16(18)13-7-9-15(17-2)10-8-13/h4-11,18H,3H2,1H3. The molecule has 0 radical (unpaired) electrons. The molecule has 88 valence electrons. The van der Waals surface area contributed by atoms with Crippen molar-refractivity contribution in [3.05, 3.63) is 65.5 Å². The predicted molar refractivity (Wildman–Crippen MR) is 75.8 cm³/mol. The van der Waals surface area contributed by atoms with E-state index in [0.29, 0.717) is 5.69 Å². The molecule has 0 aliphatic heterocycles. The molecule has 0 aliphatic rings. The quantitative estimate of drug-likeness (QED) is 0.637. The molecule has 0 unspecified atom stereocenters. The van der Waals surface area contributed by atoms with Crippen LogP contribution in [0, 0.1) is 6.57 Å². The second kappa shape index (κ2) is 5.53. The van der Waals surface area contributed by atoms with Gasteiger partial charge >= 0.3 is 6.92 Å². The van der Waals surface area contributed by atoms with Crippen molar-refractivity contribution in [1.82, 2.24) is 0 Å². The maximum Gasteiger partial charge on any atom is 0.358 e. The van der Waals surface area contributed by atoms with Crippen LogP contribution in [0.15, 0.2) is 48.5 Å². The Morgan fingerprint density at radius 3 is 2.44 bits per heavy atom. The molecule has 0 saturated heterocycles. The van der Waals surface area contributed by atoms with Gasteiger partial charge in [-0.3, -0.25) is 0 Å². The SMILES string of the molecule is [C-]#[N+]c1ccc(B(O)c2cccc(CC)c2)cc1. The van der Waals surface area contributed by atoms with Crippen LogP contribution in [0.25, 0.3) is 4.85 Å². The van der Waals surface area contributed by atoms with E-state index in [1.165, 1.54) is 5.56 Å². The Bertz CT molecular complexity index is 572. The van der Waals surface area contributed by atoms with E-state index in [1.54, 1.807) is 24.3 Å². The van der Waals surface area contributed by atoms with Gasteiger partial charge in [-0.2, -0.15) is 0 Å². The molecule has 2 rings (SSSR count). The largest absolute Gasteiger partial charge is 0.443 e. The molecule has 2 aromatic carbocycles. The monoisotopic (exact) mass is 235 g/mol. The van der Waals surface area contributed by atoms with E-state index in [-0.39, 0.29) is 0 Å². The van der Waals surface area contributed by atoms with Gasteiger partial charge in [0, 0.05) is 0 Å². The number of hydrogen-bond donors (Lipinski definition) is 1. The minimum atomic E-state index is -0.628. The van der Waals surface area contributed by atoms with Crippen LogP contribution in [0.4, 0.5) is 5.69 Å². The third-order valence-electron chi connectivity index (χ3n) is 3.01. The van der Waals surface area contributed by atoms with E-state index in [4.69, 9.17) is 6.57 Å². The lowest BCUT2D eigenvalue weighted by Gasteiger charge is -2.08. The van der Waals surface area contributed by atoms with Gasteiger partial charge in [0.05, 0.1) is 6.57 Å². The summed E-state index contributed by atoms with van der Waals surface area (Å²) in [5, 5.41) is 10.3. The molecule has 0 atom stereocenters. The second-order valence-electron chi connectivity index (χ2n) is 4.20. The van der Waals surface area contributed by atoms with Crippen LogP contribution in [0.2, 0.25) is 0 Å². The van der Waals surface area contributed by atoms with E-state index in [1.807, 2.05) is 18.2 Å². The lowest BCUT2D eigenvalue weighted by atomic mass is 9.56. The van der Waals surface area contributed by atoms with Gasteiger partial charge in [-0.25, -0.2) is 4.85 Å². The fourth-order valence-electron chi connectivity index (χ4n) is 1.91. The predicted octanol–water partition coefficient (Wildman–Crippen LogP) is 1.90. The molecule has 1 N–H and O–H groups in total. The summed E-state index contributed by atoms with van der Waals surface area (Å²) >= 11 is 0. The maximum absolute atomic E-state index is 10.3. The van der Waals surface area contributed by atoms with Crippen molar-refractivity contribution in [2.45, 2.75) is 13.3 Å². The van der Waals surface area contributed by atoms with Gasteiger partial charge in [0.1, 0.15) is 0 Å². The highest BCUT2D eigenvalue weighted by Gasteiger charge is 2.16. The van der Waals surface area contributed by atoms with E-state index >= 15 is 0 Å². The van der Waals surface area contributed by atoms with Crippen LogP contribution in [-0.4, -0.2) is 11.9 Å². The number of hydrogen-bond acceptors (Lipinski definition) is 1. The molecule has 18 heavy (non-hydrogen) atoms. The summed E-state index contributed by atoms with van der Waals surface area (Å²) in [6.45, 7) is 8.37. The highest BCUT2D eigenvalue weighted by molar-refractivity contribution is 6.78. The summed E-state index contributed by atoms with van der Waals surface area (Å²) in [6, 6.07) is 15.0. The normalized spacial score (nSPS) is 9.83. The summed E-state index contributed by atoms with van der Waals surface area (Å²) < 4.78 is 0. The first-order valence-corrected chi connectivity index (χ1v) is 5.99. The molecule has 2 nitrogen and oxygen atoms in total. The molecular weight excluding hydrogens is 221 g/mol. The molecule has 0 aromatic heterocycles. The first kappa shape index (κ1) is 12.4. The highest BCUT2D eigenvalue weighted by Crippen LogP contribution is 2.08. The van der Waals surface area contributed by atoms with E-state index < -0.39 is 6.92 Å². The van der Waals surface area contributed by atoms with Crippen molar-refractivity contribution in [3.63, 3.8) is 0 Å². The molecule has 0 aliphatic carbocycles. The summed E-state index contributed by atoms with van der Waals surface area (Å²) in [5.74, 6) is 0. The van der Waals surface area contributed by atoms with Crippen LogP contribution in [0.1, 0.15) is 12.5 Å². The second-order valence-corrected chi connectivity index (χ2v) is 4.20. The lowest BCUT2D eigenvalue weighted by molar-refractivity contribution is 0.600. The average molecular weight is 235 g/mol. The van der Waals surface area contributed by atoms with Crippen molar-refractivity contribution >= 4 is 23.5 Å². The molecule has 0 amide bonds. The van der Waals surface area contributed by atoms with Crippen molar-refractivity contribution in [3.8, 4) is 0 Å². The zero-order valence-electron chi connectivity index (χ0n) is 10.3. The lowest BCUT2D eigenvalue weighted by Crippen LogP contribution is -2.42. The minimum absolute atomic E-state index is 0.591. The molecule has 0 spiro atoms. The third-order valence-corrected chi connectivity index (χ3v) is 3.01. The van der Waals surface area contributed by atoms with Gasteiger partial charge in [0.2, 0.25) is 0 Å². The van der Waals surface area contributed by atoms with Gasteiger partial charge in [0.15, 0.2) is 5.69 Å². The Labute approximate surface area is 108 Å². The topological polar surface area (TPSA) is 24.6 Å². The van der Waals surface area contributed by atoms with Gasteiger partial charge in [0.25, 0.3) is 0 Å². The van der Waals surface area contributed by atoms with Crippen LogP contribution in [0.5, 0.6) is 0 Å². The number of aryl methyl sites for hydroxylation is 1. The minimum Gasteiger partial charge on any atom is -0.443 e. The van der Waals surface area contributed by atoms with Gasteiger partial charge in [-0.05, 0) is 22.9 Å². The molecule has 0 heterocycles. The molecule has 2 aromatic rings. The Morgan fingerprint density at radius 2 is 1.83 bits per heavy atom. The van der Waals surface area contributed by atoms with Crippen LogP contribution in [-0.2, 0) is 6.42 Å². The van der Waals surface area contributed by atoms with Crippen LogP contribution >= 0.6 is 0 Å². The van der Waals surface area contributed by atoms with Gasteiger partial charge in [-0.1, -0.05) is 55.5 Å². The summed E-state index contributed by atoms with van der Waals surface area (Å²) in [5.41, 5.74) is 3.51.